The SMILES string of the molecule is CCCCOc1cccc(C(=O)N(CCN2CCOCC2)c2nc3c(F)cc(F)cc3s2)c1. The Kier molecular flexibility index (Phi) is 7.85. The van der Waals surface area contributed by atoms with Crippen LogP contribution in [0.3, 0.4) is 0 Å². The van der Waals surface area contributed by atoms with Gasteiger partial charge in [-0.15, -0.1) is 0 Å². The van der Waals surface area contributed by atoms with Crippen LogP contribution in [-0.2, 0) is 4.74 Å². The molecule has 1 amide bonds. The van der Waals surface area contributed by atoms with Crippen molar-refractivity contribution in [1.82, 2.24) is 9.88 Å². The molecule has 33 heavy (non-hydrogen) atoms. The first kappa shape index (κ1) is 23.5. The number of carbonyl (C=O) groups excluding carboxylic acids is 1. The second kappa shape index (κ2) is 11.0. The van der Waals surface area contributed by atoms with Crippen molar-refractivity contribution in [3.05, 3.63) is 53.6 Å². The normalized spacial score (nSPS) is 14.5. The Labute approximate surface area is 195 Å². The molecule has 1 fully saturated rings. The number of anilines is 1. The number of hydrogen-bond donors (Lipinski definition) is 0. The van der Waals surface area contributed by atoms with Crippen molar-refractivity contribution in [1.29, 1.82) is 0 Å². The van der Waals surface area contributed by atoms with E-state index in [4.69, 9.17) is 9.47 Å². The Morgan fingerprint density at radius 3 is 2.85 bits per heavy atom. The van der Waals surface area contributed by atoms with Crippen LogP contribution in [0.1, 0.15) is 30.1 Å². The molecule has 4 rings (SSSR count). The number of carbonyl (C=O) groups is 1. The van der Waals surface area contributed by atoms with Crippen LogP contribution in [0.2, 0.25) is 0 Å². The minimum Gasteiger partial charge on any atom is -0.494 e. The van der Waals surface area contributed by atoms with Crippen molar-refractivity contribution in [2.45, 2.75) is 19.8 Å². The van der Waals surface area contributed by atoms with Gasteiger partial charge in [0.25, 0.3) is 5.91 Å². The summed E-state index contributed by atoms with van der Waals surface area (Å²) in [5.41, 5.74) is 0.522. The maximum absolute atomic E-state index is 14.3. The minimum absolute atomic E-state index is 0.0669. The predicted molar refractivity (Wildman–Crippen MR) is 125 cm³/mol. The third-order valence-electron chi connectivity index (χ3n) is 5.47. The second-order valence-corrected chi connectivity index (χ2v) is 8.88. The molecule has 1 saturated heterocycles. The standard InChI is InChI=1S/C24H27F2N3O3S/c1-2-3-11-32-19-6-4-5-17(14-19)23(30)29(8-7-28-9-12-31-13-10-28)24-27-22-20(26)15-18(25)16-21(22)33-24/h4-6,14-16H,2-3,7-13H2,1H3. The van der Waals surface area contributed by atoms with Gasteiger partial charge >= 0.3 is 0 Å². The molecule has 176 valence electrons. The maximum atomic E-state index is 14.3. The highest BCUT2D eigenvalue weighted by atomic mass is 32.1. The van der Waals surface area contributed by atoms with E-state index in [0.29, 0.717) is 54.1 Å². The third-order valence-corrected chi connectivity index (χ3v) is 6.49. The van der Waals surface area contributed by atoms with E-state index in [-0.39, 0.29) is 11.4 Å². The molecule has 6 nitrogen and oxygen atoms in total. The molecule has 0 aliphatic carbocycles. The first-order valence-electron chi connectivity index (χ1n) is 11.2. The molecule has 0 bridgehead atoms. The number of benzene rings is 2. The van der Waals surface area contributed by atoms with Gasteiger partial charge in [0, 0.05) is 37.8 Å². The average Bonchev–Trinajstić information content (AvgIpc) is 3.24. The quantitative estimate of drug-likeness (QED) is 0.419. The average molecular weight is 476 g/mol. The first-order chi connectivity index (χ1) is 16.0. The highest BCUT2D eigenvalue weighted by Gasteiger charge is 2.24. The van der Waals surface area contributed by atoms with Crippen LogP contribution in [0.15, 0.2) is 36.4 Å². The monoisotopic (exact) mass is 475 g/mol. The minimum atomic E-state index is -0.737. The molecule has 3 aromatic rings. The van der Waals surface area contributed by atoms with Gasteiger partial charge in [-0.25, -0.2) is 13.8 Å². The van der Waals surface area contributed by atoms with E-state index in [9.17, 15) is 13.6 Å². The summed E-state index contributed by atoms with van der Waals surface area (Å²) in [7, 11) is 0. The highest BCUT2D eigenvalue weighted by Crippen LogP contribution is 2.32. The zero-order valence-corrected chi connectivity index (χ0v) is 19.4. The Bertz CT molecular complexity index is 1100. The van der Waals surface area contributed by atoms with E-state index in [1.165, 1.54) is 6.07 Å². The first-order valence-corrected chi connectivity index (χ1v) is 12.0. The van der Waals surface area contributed by atoms with E-state index >= 15 is 0 Å². The van der Waals surface area contributed by atoms with Crippen LogP contribution < -0.4 is 9.64 Å². The van der Waals surface area contributed by atoms with Gasteiger partial charge in [0.1, 0.15) is 17.1 Å². The molecule has 9 heteroatoms. The summed E-state index contributed by atoms with van der Waals surface area (Å²) >= 11 is 1.10. The summed E-state index contributed by atoms with van der Waals surface area (Å²) < 4.78 is 39.5. The van der Waals surface area contributed by atoms with Gasteiger partial charge < -0.3 is 9.47 Å². The molecule has 2 aromatic carbocycles. The molecule has 2 heterocycles. The van der Waals surface area contributed by atoms with Gasteiger partial charge in [-0.05, 0) is 30.7 Å². The number of ether oxygens (including phenoxy) is 2. The maximum Gasteiger partial charge on any atom is 0.260 e. The zero-order valence-electron chi connectivity index (χ0n) is 18.6. The van der Waals surface area contributed by atoms with E-state index in [0.717, 1.165) is 43.3 Å². The van der Waals surface area contributed by atoms with Crippen molar-refractivity contribution < 1.29 is 23.0 Å². The molecule has 0 spiro atoms. The molecule has 1 aromatic heterocycles. The summed E-state index contributed by atoms with van der Waals surface area (Å²) in [6.07, 6.45) is 1.94. The Hall–Kier alpha value is -2.62. The number of rotatable bonds is 9. The number of unbranched alkanes of at least 4 members (excludes halogenated alkanes) is 1. The van der Waals surface area contributed by atoms with Gasteiger partial charge in [-0.1, -0.05) is 30.7 Å². The molecule has 0 atom stereocenters. The van der Waals surface area contributed by atoms with Gasteiger partial charge in [-0.3, -0.25) is 14.6 Å². The van der Waals surface area contributed by atoms with Crippen molar-refractivity contribution in [3.8, 4) is 5.75 Å². The number of morpholine rings is 1. The molecule has 0 saturated carbocycles. The lowest BCUT2D eigenvalue weighted by molar-refractivity contribution is 0.0391. The molecular weight excluding hydrogens is 448 g/mol. The fourth-order valence-electron chi connectivity index (χ4n) is 3.62. The number of halogens is 2. The van der Waals surface area contributed by atoms with E-state index in [1.54, 1.807) is 23.1 Å². The zero-order chi connectivity index (χ0) is 23.2. The Morgan fingerprint density at radius 1 is 1.24 bits per heavy atom. The molecule has 0 unspecified atom stereocenters. The number of thiazole rings is 1. The van der Waals surface area contributed by atoms with Crippen molar-refractivity contribution in [2.24, 2.45) is 0 Å². The largest absolute Gasteiger partial charge is 0.494 e. The summed E-state index contributed by atoms with van der Waals surface area (Å²) in [6.45, 7) is 6.51. The van der Waals surface area contributed by atoms with Crippen molar-refractivity contribution in [3.63, 3.8) is 0 Å². The fourth-order valence-corrected chi connectivity index (χ4v) is 4.65. The van der Waals surface area contributed by atoms with E-state index in [2.05, 4.69) is 16.8 Å². The number of amides is 1. The summed E-state index contributed by atoms with van der Waals surface area (Å²) in [5.74, 6) is -1.04. The van der Waals surface area contributed by atoms with Gasteiger partial charge in [0.05, 0.1) is 24.5 Å². The lowest BCUT2D eigenvalue weighted by Gasteiger charge is -2.29. The van der Waals surface area contributed by atoms with Crippen molar-refractivity contribution >= 4 is 32.6 Å². The van der Waals surface area contributed by atoms with Crippen LogP contribution in [-0.4, -0.2) is 61.8 Å². The lowest BCUT2D eigenvalue weighted by Crippen LogP contribution is -2.43. The van der Waals surface area contributed by atoms with Gasteiger partial charge in [0.15, 0.2) is 10.9 Å². The molecule has 0 N–H and O–H groups in total. The summed E-state index contributed by atoms with van der Waals surface area (Å²) in [5, 5.41) is 0.338. The van der Waals surface area contributed by atoms with Crippen LogP contribution >= 0.6 is 11.3 Å². The summed E-state index contributed by atoms with van der Waals surface area (Å²) in [4.78, 5) is 21.7. The summed E-state index contributed by atoms with van der Waals surface area (Å²) in [6, 6.07) is 9.09. The van der Waals surface area contributed by atoms with Gasteiger partial charge in [-0.2, -0.15) is 0 Å². The van der Waals surface area contributed by atoms with Crippen LogP contribution in [0.25, 0.3) is 10.2 Å². The molecule has 1 aliphatic heterocycles. The van der Waals surface area contributed by atoms with E-state index in [1.807, 2.05) is 6.07 Å². The molecule has 1 aliphatic rings. The highest BCUT2D eigenvalue weighted by molar-refractivity contribution is 7.22. The topological polar surface area (TPSA) is 54.9 Å². The number of hydrogen-bond acceptors (Lipinski definition) is 6. The fraction of sp³-hybridized carbons (Fsp3) is 0.417. The Morgan fingerprint density at radius 2 is 2.06 bits per heavy atom. The number of fused-ring (bicyclic) bond motifs is 1. The van der Waals surface area contributed by atoms with Crippen molar-refractivity contribution in [2.75, 3.05) is 50.9 Å². The van der Waals surface area contributed by atoms with Crippen LogP contribution in [0.4, 0.5) is 13.9 Å². The molecule has 0 radical (unpaired) electrons. The van der Waals surface area contributed by atoms with Crippen LogP contribution in [0.5, 0.6) is 5.75 Å². The van der Waals surface area contributed by atoms with Crippen LogP contribution in [0, 0.1) is 11.6 Å². The van der Waals surface area contributed by atoms with Gasteiger partial charge in [0.2, 0.25) is 0 Å². The second-order valence-electron chi connectivity index (χ2n) is 7.87. The smallest absolute Gasteiger partial charge is 0.260 e. The Balaban J connectivity index is 1.61. The van der Waals surface area contributed by atoms with E-state index < -0.39 is 11.6 Å². The third kappa shape index (κ3) is 5.85. The predicted octanol–water partition coefficient (Wildman–Crippen LogP) is 4.73. The number of nitrogens with zero attached hydrogens (tertiary/aromatic N) is 3. The molecular formula is C24H27F2N3O3S. The lowest BCUT2D eigenvalue weighted by atomic mass is 10.2. The number of aromatic nitrogens is 1.